The first-order valence-electron chi connectivity index (χ1n) is 11.5. The quantitative estimate of drug-likeness (QED) is 0.289. The van der Waals surface area contributed by atoms with Crippen LogP contribution in [0.1, 0.15) is 72.6 Å². The van der Waals surface area contributed by atoms with Crippen LogP contribution < -0.4 is 0 Å². The molecule has 0 N–H and O–H groups in total. The Kier molecular flexibility index (Phi) is 5.34. The van der Waals surface area contributed by atoms with E-state index >= 15 is 0 Å². The zero-order chi connectivity index (χ0) is 21.8. The van der Waals surface area contributed by atoms with E-state index in [1.54, 1.807) is 6.92 Å². The van der Waals surface area contributed by atoms with Crippen LogP contribution >= 0.6 is 0 Å². The number of Topliss-reactive ketones (excluding diaryl/α,β-unsaturated/α-hetero) is 1. The maximum atomic E-state index is 12.6. The number of nitrogens with zero attached hydrogens (tertiary/aromatic N) is 1. The smallest absolute Gasteiger partial charge is 0.302 e. The van der Waals surface area contributed by atoms with Gasteiger partial charge in [0.2, 0.25) is 6.54 Å². The lowest BCUT2D eigenvalue weighted by Gasteiger charge is -2.58. The van der Waals surface area contributed by atoms with Gasteiger partial charge in [-0.3, -0.25) is 19.7 Å². The fourth-order valence-electron chi connectivity index (χ4n) is 8.31. The highest BCUT2D eigenvalue weighted by Crippen LogP contribution is 2.67. The summed E-state index contributed by atoms with van der Waals surface area (Å²) in [7, 11) is 0. The molecule has 0 aromatic rings. The molecular weight excluding hydrogens is 382 g/mol. The summed E-state index contributed by atoms with van der Waals surface area (Å²) in [6.45, 7) is 7.64. The second kappa shape index (κ2) is 7.45. The van der Waals surface area contributed by atoms with Gasteiger partial charge in [-0.2, -0.15) is 0 Å². The molecule has 8 atom stereocenters. The lowest BCUT2D eigenvalue weighted by molar-refractivity contribution is -0.489. The Bertz CT molecular complexity index is 790. The van der Waals surface area contributed by atoms with Gasteiger partial charge in [0.05, 0.1) is 0 Å². The molecule has 166 valence electrons. The highest BCUT2D eigenvalue weighted by Gasteiger charge is 2.62. The fourth-order valence-corrected chi connectivity index (χ4v) is 8.31. The van der Waals surface area contributed by atoms with Crippen molar-refractivity contribution in [3.8, 4) is 0 Å². The fraction of sp³-hybridized carbons (Fsp3) is 0.833. The monoisotopic (exact) mass is 417 g/mol. The molecule has 30 heavy (non-hydrogen) atoms. The van der Waals surface area contributed by atoms with Crippen LogP contribution in [0.2, 0.25) is 0 Å². The van der Waals surface area contributed by atoms with Crippen molar-refractivity contribution in [2.75, 3.05) is 6.54 Å². The second-order valence-corrected chi connectivity index (χ2v) is 10.9. The maximum absolute atomic E-state index is 12.6. The van der Waals surface area contributed by atoms with E-state index in [0.29, 0.717) is 17.8 Å². The number of nitro groups is 1. The number of carbonyl (C=O) groups is 2. The van der Waals surface area contributed by atoms with E-state index in [0.717, 1.165) is 44.9 Å². The van der Waals surface area contributed by atoms with E-state index in [2.05, 4.69) is 19.9 Å². The third-order valence-corrected chi connectivity index (χ3v) is 9.39. The number of esters is 1. The van der Waals surface area contributed by atoms with Crippen LogP contribution in [-0.2, 0) is 14.3 Å². The average molecular weight is 418 g/mol. The minimum Gasteiger partial charge on any atom is -0.462 e. The molecule has 0 amide bonds. The minimum absolute atomic E-state index is 0.00900. The Hall–Kier alpha value is -1.72. The van der Waals surface area contributed by atoms with Crippen LogP contribution in [0.15, 0.2) is 11.6 Å². The summed E-state index contributed by atoms with van der Waals surface area (Å²) in [5.41, 5.74) is 1.44. The van der Waals surface area contributed by atoms with Gasteiger partial charge in [-0.25, -0.2) is 0 Å². The van der Waals surface area contributed by atoms with Crippen molar-refractivity contribution in [2.45, 2.75) is 78.7 Å². The molecule has 1 unspecified atom stereocenters. The average Bonchev–Trinajstić information content (AvgIpc) is 2.92. The molecule has 4 aliphatic rings. The third-order valence-electron chi connectivity index (χ3n) is 9.39. The number of ketones is 1. The van der Waals surface area contributed by atoms with Gasteiger partial charge in [-0.15, -0.1) is 0 Å². The SMILES string of the molecule is CC(=O)O[C@H]1CC[C@@]2(C)C(=CC[C@@H]3[C@@H]2CC[C@]2(C)C(C(C)=O)[C@H](C[N+](=O)[O-])C[C@@H]32)C1. The van der Waals surface area contributed by atoms with Crippen molar-refractivity contribution in [1.29, 1.82) is 0 Å². The zero-order valence-electron chi connectivity index (χ0n) is 18.7. The Balaban J connectivity index is 1.61. The molecule has 4 rings (SSSR count). The first-order chi connectivity index (χ1) is 14.1. The molecule has 6 nitrogen and oxygen atoms in total. The van der Waals surface area contributed by atoms with Crippen molar-refractivity contribution in [3.05, 3.63) is 21.8 Å². The van der Waals surface area contributed by atoms with E-state index in [1.165, 1.54) is 12.5 Å². The zero-order valence-corrected chi connectivity index (χ0v) is 18.7. The van der Waals surface area contributed by atoms with E-state index in [1.807, 2.05) is 0 Å². The van der Waals surface area contributed by atoms with Crippen molar-refractivity contribution < 1.29 is 19.2 Å². The molecule has 0 aromatic heterocycles. The number of allylic oxidation sites excluding steroid dienone is 1. The van der Waals surface area contributed by atoms with E-state index < -0.39 is 0 Å². The summed E-state index contributed by atoms with van der Waals surface area (Å²) in [4.78, 5) is 35.1. The topological polar surface area (TPSA) is 86.5 Å². The largest absolute Gasteiger partial charge is 0.462 e. The Labute approximate surface area is 179 Å². The van der Waals surface area contributed by atoms with Crippen LogP contribution in [0, 0.1) is 50.5 Å². The maximum Gasteiger partial charge on any atom is 0.302 e. The highest BCUT2D eigenvalue weighted by atomic mass is 16.6. The summed E-state index contributed by atoms with van der Waals surface area (Å²) < 4.78 is 5.52. The number of fused-ring (bicyclic) bond motifs is 5. The van der Waals surface area contributed by atoms with Gasteiger partial charge >= 0.3 is 5.97 Å². The third kappa shape index (κ3) is 3.31. The molecule has 4 aliphatic carbocycles. The van der Waals surface area contributed by atoms with Gasteiger partial charge in [0.25, 0.3) is 0 Å². The van der Waals surface area contributed by atoms with Crippen LogP contribution in [0.3, 0.4) is 0 Å². The van der Waals surface area contributed by atoms with Crippen molar-refractivity contribution in [3.63, 3.8) is 0 Å². The number of hydrogen-bond donors (Lipinski definition) is 0. The molecule has 0 saturated heterocycles. The van der Waals surface area contributed by atoms with Crippen molar-refractivity contribution in [2.24, 2.45) is 40.4 Å². The molecule has 0 aliphatic heterocycles. The number of carbonyl (C=O) groups excluding carboxylic acids is 2. The first-order valence-corrected chi connectivity index (χ1v) is 11.5. The lowest BCUT2D eigenvalue weighted by Crippen LogP contribution is -2.51. The Morgan fingerprint density at radius 1 is 1.20 bits per heavy atom. The lowest BCUT2D eigenvalue weighted by atomic mass is 9.47. The number of ether oxygens (including phenoxy) is 1. The first kappa shape index (κ1) is 21.5. The predicted molar refractivity (Wildman–Crippen MR) is 112 cm³/mol. The van der Waals surface area contributed by atoms with E-state index in [4.69, 9.17) is 4.74 Å². The van der Waals surface area contributed by atoms with Gasteiger partial charge in [0, 0.05) is 30.1 Å². The Morgan fingerprint density at radius 3 is 2.57 bits per heavy atom. The molecule has 0 aromatic carbocycles. The minimum atomic E-state index is -0.227. The van der Waals surface area contributed by atoms with Gasteiger partial charge in [0.15, 0.2) is 0 Å². The molecular formula is C24H35NO5. The van der Waals surface area contributed by atoms with E-state index in [-0.39, 0.29) is 52.0 Å². The normalized spacial score (nSPS) is 44.9. The number of rotatable bonds is 4. The molecule has 6 heteroatoms. The molecule has 0 bridgehead atoms. The Morgan fingerprint density at radius 2 is 1.93 bits per heavy atom. The van der Waals surface area contributed by atoms with Gasteiger partial charge in [-0.05, 0) is 74.0 Å². The standard InChI is InChI=1S/C24H35NO5/c1-14(26)22-16(13-25(28)29)11-21-19-6-5-17-12-18(30-15(2)27)7-9-23(17,3)20(19)8-10-24(21,22)4/h5,16,18-22H,6-13H2,1-4H3/t16-,18-,19+,20-,21-,22?,23-,24-/m0/s1. The summed E-state index contributed by atoms with van der Waals surface area (Å²) in [6.07, 6.45) is 8.98. The molecule has 3 fully saturated rings. The van der Waals surface area contributed by atoms with Gasteiger partial charge < -0.3 is 4.74 Å². The van der Waals surface area contributed by atoms with Crippen molar-refractivity contribution >= 4 is 11.8 Å². The van der Waals surface area contributed by atoms with Crippen LogP contribution in [0.25, 0.3) is 0 Å². The van der Waals surface area contributed by atoms with Gasteiger partial charge in [0.1, 0.15) is 11.9 Å². The summed E-state index contributed by atoms with van der Waals surface area (Å²) in [6, 6.07) is 0. The molecule has 0 heterocycles. The summed E-state index contributed by atoms with van der Waals surface area (Å²) in [5, 5.41) is 11.3. The van der Waals surface area contributed by atoms with E-state index in [9.17, 15) is 19.7 Å². The summed E-state index contributed by atoms with van der Waals surface area (Å²) in [5.74, 6) is 1.01. The molecule has 0 spiro atoms. The highest BCUT2D eigenvalue weighted by molar-refractivity contribution is 5.80. The summed E-state index contributed by atoms with van der Waals surface area (Å²) >= 11 is 0. The molecule has 0 radical (unpaired) electrons. The number of hydrogen-bond acceptors (Lipinski definition) is 5. The van der Waals surface area contributed by atoms with Crippen LogP contribution in [0.4, 0.5) is 0 Å². The van der Waals surface area contributed by atoms with Gasteiger partial charge in [-0.1, -0.05) is 25.5 Å². The second-order valence-electron chi connectivity index (χ2n) is 10.9. The van der Waals surface area contributed by atoms with Crippen molar-refractivity contribution in [1.82, 2.24) is 0 Å². The van der Waals surface area contributed by atoms with Crippen LogP contribution in [0.5, 0.6) is 0 Å². The predicted octanol–water partition coefficient (Wildman–Crippen LogP) is 4.59. The molecule has 3 saturated carbocycles. The van der Waals surface area contributed by atoms with Crippen LogP contribution in [-0.4, -0.2) is 29.3 Å².